The van der Waals surface area contributed by atoms with E-state index in [0.29, 0.717) is 45.0 Å². The molecule has 0 bridgehead atoms. The third-order valence-electron chi connectivity index (χ3n) is 5.81. The molecule has 1 aromatic carbocycles. The van der Waals surface area contributed by atoms with Gasteiger partial charge in [-0.3, -0.25) is 14.7 Å². The highest BCUT2D eigenvalue weighted by Crippen LogP contribution is 2.31. The second kappa shape index (κ2) is 9.30. The molecule has 1 atom stereocenters. The summed E-state index contributed by atoms with van der Waals surface area (Å²) in [6.45, 7) is 2.98. The topological polar surface area (TPSA) is 87.8 Å². The molecule has 2 amide bonds. The number of hydrogen-bond donors (Lipinski definition) is 1. The molecular formula is C22H28N4O4. The molecule has 1 aromatic heterocycles. The molecule has 30 heavy (non-hydrogen) atoms. The average molecular weight is 412 g/mol. The first-order chi connectivity index (χ1) is 14.7. The first-order valence-electron chi connectivity index (χ1n) is 10.5. The van der Waals surface area contributed by atoms with E-state index in [1.807, 2.05) is 29.2 Å². The van der Waals surface area contributed by atoms with E-state index in [0.717, 1.165) is 36.3 Å². The van der Waals surface area contributed by atoms with Crippen molar-refractivity contribution in [2.75, 3.05) is 40.0 Å². The first-order valence-corrected chi connectivity index (χ1v) is 10.5. The Morgan fingerprint density at radius 2 is 1.93 bits per heavy atom. The van der Waals surface area contributed by atoms with Crippen molar-refractivity contribution in [1.29, 1.82) is 0 Å². The molecule has 2 saturated heterocycles. The summed E-state index contributed by atoms with van der Waals surface area (Å²) in [5.41, 5.74) is 2.19. The van der Waals surface area contributed by atoms with Crippen LogP contribution in [0.15, 0.2) is 30.3 Å². The van der Waals surface area contributed by atoms with Crippen LogP contribution in [-0.2, 0) is 16.0 Å². The van der Waals surface area contributed by atoms with Gasteiger partial charge in [-0.25, -0.2) is 0 Å². The summed E-state index contributed by atoms with van der Waals surface area (Å²) in [5, 5.41) is 7.27. The Morgan fingerprint density at radius 3 is 2.67 bits per heavy atom. The zero-order chi connectivity index (χ0) is 20.9. The van der Waals surface area contributed by atoms with Gasteiger partial charge in [-0.2, -0.15) is 5.10 Å². The molecule has 0 spiro atoms. The lowest BCUT2D eigenvalue weighted by Crippen LogP contribution is -2.41. The van der Waals surface area contributed by atoms with E-state index in [-0.39, 0.29) is 17.9 Å². The molecule has 2 aromatic rings. The van der Waals surface area contributed by atoms with E-state index in [9.17, 15) is 9.59 Å². The number of hydrogen-bond acceptors (Lipinski definition) is 5. The van der Waals surface area contributed by atoms with Crippen LogP contribution in [-0.4, -0.2) is 71.8 Å². The predicted octanol–water partition coefficient (Wildman–Crippen LogP) is 2.19. The summed E-state index contributed by atoms with van der Waals surface area (Å²) < 4.78 is 10.5. The zero-order valence-electron chi connectivity index (χ0n) is 17.3. The predicted molar refractivity (Wildman–Crippen MR) is 110 cm³/mol. The van der Waals surface area contributed by atoms with Crippen LogP contribution in [0, 0.1) is 0 Å². The maximum atomic E-state index is 13.1. The molecule has 2 aliphatic rings. The molecule has 0 unspecified atom stereocenters. The molecule has 3 heterocycles. The Balaban J connectivity index is 1.46. The standard InChI is InChI=1S/C22H28N4O4/c1-29-17-7-5-16(6-8-17)14-21(27)26-9-3-2-4-20(26)18-15-19(24-23-18)22(28)25-10-12-30-13-11-25/h5-8,15,20H,2-4,9-14H2,1H3,(H,23,24)/t20-/m1/s1. The van der Waals surface area contributed by atoms with E-state index >= 15 is 0 Å². The number of methoxy groups -OCH3 is 1. The van der Waals surface area contributed by atoms with E-state index in [1.165, 1.54) is 0 Å². The van der Waals surface area contributed by atoms with Gasteiger partial charge in [-0.1, -0.05) is 12.1 Å². The maximum absolute atomic E-state index is 13.1. The number of rotatable bonds is 5. The number of carbonyl (C=O) groups is 2. The number of nitrogens with zero attached hydrogens (tertiary/aromatic N) is 3. The van der Waals surface area contributed by atoms with Crippen LogP contribution in [0.3, 0.4) is 0 Å². The highest BCUT2D eigenvalue weighted by molar-refractivity contribution is 5.92. The molecule has 0 aliphatic carbocycles. The molecule has 2 fully saturated rings. The number of aromatic nitrogens is 2. The number of piperidine rings is 1. The Labute approximate surface area is 176 Å². The first kappa shape index (κ1) is 20.4. The molecule has 1 N–H and O–H groups in total. The molecule has 0 radical (unpaired) electrons. The fraction of sp³-hybridized carbons (Fsp3) is 0.500. The number of morpholine rings is 1. The van der Waals surface area contributed by atoms with Gasteiger partial charge in [-0.05, 0) is 43.0 Å². The summed E-state index contributed by atoms with van der Waals surface area (Å²) in [5.74, 6) is 0.769. The number of benzene rings is 1. The van der Waals surface area contributed by atoms with Crippen molar-refractivity contribution < 1.29 is 19.1 Å². The van der Waals surface area contributed by atoms with Crippen molar-refractivity contribution in [3.63, 3.8) is 0 Å². The second-order valence-electron chi connectivity index (χ2n) is 7.74. The fourth-order valence-electron chi connectivity index (χ4n) is 4.12. The lowest BCUT2D eigenvalue weighted by molar-refractivity contribution is -0.134. The molecule has 160 valence electrons. The van der Waals surface area contributed by atoms with Crippen LogP contribution in [0.1, 0.15) is 47.1 Å². The molecule has 0 saturated carbocycles. The van der Waals surface area contributed by atoms with Crippen molar-refractivity contribution in [2.24, 2.45) is 0 Å². The smallest absolute Gasteiger partial charge is 0.274 e. The highest BCUT2D eigenvalue weighted by atomic mass is 16.5. The van der Waals surface area contributed by atoms with Crippen LogP contribution in [0.5, 0.6) is 5.75 Å². The monoisotopic (exact) mass is 412 g/mol. The van der Waals surface area contributed by atoms with E-state index in [4.69, 9.17) is 9.47 Å². The minimum atomic E-state index is -0.0901. The quantitative estimate of drug-likeness (QED) is 0.813. The van der Waals surface area contributed by atoms with Gasteiger partial charge in [-0.15, -0.1) is 0 Å². The summed E-state index contributed by atoms with van der Waals surface area (Å²) >= 11 is 0. The van der Waals surface area contributed by atoms with Crippen LogP contribution in [0.4, 0.5) is 0 Å². The van der Waals surface area contributed by atoms with Crippen molar-refractivity contribution >= 4 is 11.8 Å². The maximum Gasteiger partial charge on any atom is 0.274 e. The lowest BCUT2D eigenvalue weighted by atomic mass is 9.98. The zero-order valence-corrected chi connectivity index (χ0v) is 17.3. The Bertz CT molecular complexity index is 874. The van der Waals surface area contributed by atoms with E-state index < -0.39 is 0 Å². The fourth-order valence-corrected chi connectivity index (χ4v) is 4.12. The number of aromatic amines is 1. The van der Waals surface area contributed by atoms with Crippen LogP contribution >= 0.6 is 0 Å². The van der Waals surface area contributed by atoms with Crippen LogP contribution in [0.2, 0.25) is 0 Å². The Morgan fingerprint density at radius 1 is 1.17 bits per heavy atom. The number of amides is 2. The van der Waals surface area contributed by atoms with Crippen molar-refractivity contribution in [3.8, 4) is 5.75 Å². The van der Waals surface area contributed by atoms with Gasteiger partial charge < -0.3 is 19.3 Å². The normalized spacial score (nSPS) is 19.6. The van der Waals surface area contributed by atoms with Crippen molar-refractivity contribution in [2.45, 2.75) is 31.7 Å². The molecule has 2 aliphatic heterocycles. The van der Waals surface area contributed by atoms with Gasteiger partial charge in [0.1, 0.15) is 11.4 Å². The van der Waals surface area contributed by atoms with Crippen LogP contribution in [0.25, 0.3) is 0 Å². The highest BCUT2D eigenvalue weighted by Gasteiger charge is 2.30. The van der Waals surface area contributed by atoms with E-state index in [1.54, 1.807) is 18.1 Å². The Kier molecular flexibility index (Phi) is 6.32. The van der Waals surface area contributed by atoms with Crippen molar-refractivity contribution in [3.05, 3.63) is 47.3 Å². The number of carbonyl (C=O) groups excluding carboxylic acids is 2. The number of H-pyrrole nitrogens is 1. The molecule has 4 rings (SSSR count). The van der Waals surface area contributed by atoms with Crippen molar-refractivity contribution in [1.82, 2.24) is 20.0 Å². The molecule has 8 heteroatoms. The van der Waals surface area contributed by atoms with E-state index in [2.05, 4.69) is 10.2 Å². The Hall–Kier alpha value is -2.87. The number of nitrogens with one attached hydrogen (secondary N) is 1. The van der Waals surface area contributed by atoms with Gasteiger partial charge in [0.2, 0.25) is 5.91 Å². The lowest BCUT2D eigenvalue weighted by Gasteiger charge is -2.35. The van der Waals surface area contributed by atoms with Gasteiger partial charge >= 0.3 is 0 Å². The van der Waals surface area contributed by atoms with Gasteiger partial charge in [0, 0.05) is 19.6 Å². The van der Waals surface area contributed by atoms with Gasteiger partial charge in [0.05, 0.1) is 38.5 Å². The summed E-state index contributed by atoms with van der Waals surface area (Å²) in [6.07, 6.45) is 3.23. The minimum absolute atomic E-state index is 0.0803. The third-order valence-corrected chi connectivity index (χ3v) is 5.81. The second-order valence-corrected chi connectivity index (χ2v) is 7.74. The average Bonchev–Trinajstić information content (AvgIpc) is 3.30. The third kappa shape index (κ3) is 4.48. The molecular weight excluding hydrogens is 384 g/mol. The summed E-state index contributed by atoms with van der Waals surface area (Å²) in [7, 11) is 1.63. The van der Waals surface area contributed by atoms with Gasteiger partial charge in [0.15, 0.2) is 0 Å². The van der Waals surface area contributed by atoms with Crippen LogP contribution < -0.4 is 4.74 Å². The van der Waals surface area contributed by atoms with Gasteiger partial charge in [0.25, 0.3) is 5.91 Å². The summed E-state index contributed by atoms with van der Waals surface area (Å²) in [6, 6.07) is 9.31. The number of likely N-dealkylation sites (tertiary alicyclic amines) is 1. The SMILES string of the molecule is COc1ccc(CC(=O)N2CCCC[C@@H]2c2cc(C(=O)N3CCOCC3)n[nH]2)cc1. The molecule has 8 nitrogen and oxygen atoms in total. The number of ether oxygens (including phenoxy) is 2. The summed E-state index contributed by atoms with van der Waals surface area (Å²) in [4.78, 5) is 29.4. The largest absolute Gasteiger partial charge is 0.497 e. The minimum Gasteiger partial charge on any atom is -0.497 e.